The van der Waals surface area contributed by atoms with Crippen LogP contribution in [0.3, 0.4) is 0 Å². The summed E-state index contributed by atoms with van der Waals surface area (Å²) in [6.45, 7) is 3.57. The molecule has 2 aromatic carbocycles. The van der Waals surface area contributed by atoms with Crippen LogP contribution in [-0.2, 0) is 11.3 Å². The first kappa shape index (κ1) is 20.5. The Hall–Kier alpha value is -3.78. The Morgan fingerprint density at radius 1 is 1.10 bits per heavy atom. The monoisotopic (exact) mass is 433 g/mol. The molecule has 4 aromatic rings. The summed E-state index contributed by atoms with van der Waals surface area (Å²) in [5.41, 5.74) is 2.65. The lowest BCUT2D eigenvalue weighted by Gasteiger charge is -2.13. The van der Waals surface area contributed by atoms with Crippen molar-refractivity contribution < 1.29 is 14.7 Å². The van der Waals surface area contributed by atoms with Crippen molar-refractivity contribution in [1.29, 1.82) is 0 Å². The summed E-state index contributed by atoms with van der Waals surface area (Å²) < 4.78 is 1.24. The summed E-state index contributed by atoms with van der Waals surface area (Å²) in [7, 11) is 0. The summed E-state index contributed by atoms with van der Waals surface area (Å²) >= 11 is 1.10. The molecule has 31 heavy (non-hydrogen) atoms. The second-order valence-electron chi connectivity index (χ2n) is 7.25. The number of nitrogens with one attached hydrogen (secondary N) is 1. The molecule has 4 rings (SSSR count). The standard InChI is InChI=1S/C23H19N3O4S/c1-13-6-8-16(9-7-13)24-18(27)11-26-20(15-5-3-4-14(2)10-15)25-21-19(22(26)28)17(12-31-21)23(29)30/h3-10,12H,11H2,1-2H3,(H,24,27)(H,29,30). The fourth-order valence-corrected chi connectivity index (χ4v) is 4.22. The summed E-state index contributed by atoms with van der Waals surface area (Å²) in [5.74, 6) is -1.30. The van der Waals surface area contributed by atoms with Gasteiger partial charge in [0.05, 0.1) is 10.9 Å². The highest BCUT2D eigenvalue weighted by atomic mass is 32.1. The molecule has 1 amide bonds. The van der Waals surface area contributed by atoms with Gasteiger partial charge in [-0.25, -0.2) is 9.78 Å². The Morgan fingerprint density at radius 3 is 2.52 bits per heavy atom. The molecular formula is C23H19N3O4S. The van der Waals surface area contributed by atoms with Crippen LogP contribution >= 0.6 is 11.3 Å². The molecule has 2 heterocycles. The van der Waals surface area contributed by atoms with Crippen LogP contribution in [0.2, 0.25) is 0 Å². The number of amides is 1. The number of anilines is 1. The molecule has 7 nitrogen and oxygen atoms in total. The molecule has 8 heteroatoms. The maximum Gasteiger partial charge on any atom is 0.337 e. The van der Waals surface area contributed by atoms with Gasteiger partial charge in [-0.15, -0.1) is 11.3 Å². The number of carboxylic acids is 1. The van der Waals surface area contributed by atoms with Crippen molar-refractivity contribution in [2.45, 2.75) is 20.4 Å². The minimum atomic E-state index is -1.20. The van der Waals surface area contributed by atoms with E-state index in [1.54, 1.807) is 18.2 Å². The molecule has 0 fully saturated rings. The molecule has 156 valence electrons. The average Bonchev–Trinajstić information content (AvgIpc) is 3.16. The largest absolute Gasteiger partial charge is 0.478 e. The minimum Gasteiger partial charge on any atom is -0.478 e. The maximum atomic E-state index is 13.3. The molecule has 0 aliphatic heterocycles. The summed E-state index contributed by atoms with van der Waals surface area (Å²) in [6.07, 6.45) is 0. The van der Waals surface area contributed by atoms with Crippen molar-refractivity contribution >= 4 is 39.1 Å². The fourth-order valence-electron chi connectivity index (χ4n) is 3.31. The number of hydrogen-bond acceptors (Lipinski definition) is 5. The van der Waals surface area contributed by atoms with Crippen LogP contribution in [0.4, 0.5) is 5.69 Å². The predicted molar refractivity (Wildman–Crippen MR) is 121 cm³/mol. The highest BCUT2D eigenvalue weighted by molar-refractivity contribution is 7.17. The van der Waals surface area contributed by atoms with Crippen LogP contribution in [0, 0.1) is 13.8 Å². The fraction of sp³-hybridized carbons (Fsp3) is 0.130. The molecule has 0 spiro atoms. The van der Waals surface area contributed by atoms with Gasteiger partial charge in [-0.2, -0.15) is 0 Å². The SMILES string of the molecule is Cc1ccc(NC(=O)Cn2c(-c3cccc(C)c3)nc3scc(C(=O)O)c3c2=O)cc1. The number of thiophene rings is 1. The second kappa shape index (κ2) is 8.16. The molecule has 0 saturated heterocycles. The molecule has 0 unspecified atom stereocenters. The average molecular weight is 433 g/mol. The number of carbonyl (C=O) groups excluding carboxylic acids is 1. The van der Waals surface area contributed by atoms with Crippen molar-refractivity contribution in [3.05, 3.63) is 81.0 Å². The van der Waals surface area contributed by atoms with Crippen molar-refractivity contribution in [2.24, 2.45) is 0 Å². The van der Waals surface area contributed by atoms with Crippen molar-refractivity contribution in [2.75, 3.05) is 5.32 Å². The highest BCUT2D eigenvalue weighted by Gasteiger charge is 2.21. The Labute approximate surface area is 181 Å². The highest BCUT2D eigenvalue weighted by Crippen LogP contribution is 2.26. The predicted octanol–water partition coefficient (Wildman–Crippen LogP) is 4.08. The third kappa shape index (κ3) is 4.10. The van der Waals surface area contributed by atoms with Crippen LogP contribution < -0.4 is 10.9 Å². The van der Waals surface area contributed by atoms with Crippen molar-refractivity contribution in [3.8, 4) is 11.4 Å². The zero-order valence-electron chi connectivity index (χ0n) is 16.9. The van der Waals surface area contributed by atoms with Gasteiger partial charge in [0, 0.05) is 16.6 Å². The van der Waals surface area contributed by atoms with Gasteiger partial charge in [-0.3, -0.25) is 14.2 Å². The third-order valence-electron chi connectivity index (χ3n) is 4.84. The van der Waals surface area contributed by atoms with E-state index in [0.29, 0.717) is 21.9 Å². The molecule has 0 atom stereocenters. The molecule has 0 radical (unpaired) electrons. The third-order valence-corrected chi connectivity index (χ3v) is 5.71. The summed E-state index contributed by atoms with van der Waals surface area (Å²) in [6, 6.07) is 14.7. The molecule has 2 aromatic heterocycles. The van der Waals surface area contributed by atoms with Gasteiger partial charge in [-0.1, -0.05) is 41.5 Å². The number of rotatable bonds is 5. The van der Waals surface area contributed by atoms with E-state index in [2.05, 4.69) is 10.3 Å². The Morgan fingerprint density at radius 2 is 1.84 bits per heavy atom. The summed E-state index contributed by atoms with van der Waals surface area (Å²) in [5, 5.41) is 13.6. The number of fused-ring (bicyclic) bond motifs is 1. The van der Waals surface area contributed by atoms with E-state index in [1.807, 2.05) is 44.2 Å². The number of carbonyl (C=O) groups is 2. The van der Waals surface area contributed by atoms with Gasteiger partial charge < -0.3 is 10.4 Å². The lowest BCUT2D eigenvalue weighted by Crippen LogP contribution is -2.30. The number of aromatic nitrogens is 2. The van der Waals surface area contributed by atoms with E-state index in [1.165, 1.54) is 9.95 Å². The van der Waals surface area contributed by atoms with Crippen LogP contribution in [0.1, 0.15) is 21.5 Å². The number of benzene rings is 2. The first-order valence-corrected chi connectivity index (χ1v) is 10.4. The van der Waals surface area contributed by atoms with E-state index in [0.717, 1.165) is 22.5 Å². The normalized spacial score (nSPS) is 10.9. The lowest BCUT2D eigenvalue weighted by molar-refractivity contribution is -0.116. The van der Waals surface area contributed by atoms with Gasteiger partial charge in [0.25, 0.3) is 5.56 Å². The van der Waals surface area contributed by atoms with Crippen molar-refractivity contribution in [3.63, 3.8) is 0 Å². The lowest BCUT2D eigenvalue weighted by atomic mass is 10.1. The number of carboxylic acid groups (broad SMARTS) is 1. The molecule has 0 saturated carbocycles. The molecule has 2 N–H and O–H groups in total. The first-order valence-electron chi connectivity index (χ1n) is 9.52. The number of aryl methyl sites for hydroxylation is 2. The van der Waals surface area contributed by atoms with Crippen LogP contribution in [0.25, 0.3) is 21.6 Å². The Kier molecular flexibility index (Phi) is 5.39. The molecular weight excluding hydrogens is 414 g/mol. The molecule has 0 aliphatic rings. The number of aromatic carboxylic acids is 1. The zero-order chi connectivity index (χ0) is 22.1. The van der Waals surface area contributed by atoms with Crippen LogP contribution in [0.5, 0.6) is 0 Å². The van der Waals surface area contributed by atoms with Crippen LogP contribution in [-0.4, -0.2) is 26.5 Å². The zero-order valence-corrected chi connectivity index (χ0v) is 17.7. The maximum absolute atomic E-state index is 13.3. The first-order chi connectivity index (χ1) is 14.8. The van der Waals surface area contributed by atoms with Crippen molar-refractivity contribution in [1.82, 2.24) is 9.55 Å². The van der Waals surface area contributed by atoms with Gasteiger partial charge >= 0.3 is 5.97 Å². The van der Waals surface area contributed by atoms with Crippen LogP contribution in [0.15, 0.2) is 58.7 Å². The minimum absolute atomic E-state index is 0.0111. The Balaban J connectivity index is 1.83. The molecule has 0 bridgehead atoms. The Bertz CT molecular complexity index is 1370. The molecule has 0 aliphatic carbocycles. The van der Waals surface area contributed by atoms with Gasteiger partial charge in [0.15, 0.2) is 0 Å². The smallest absolute Gasteiger partial charge is 0.337 e. The quantitative estimate of drug-likeness (QED) is 0.494. The number of nitrogens with zero attached hydrogens (tertiary/aromatic N) is 2. The van der Waals surface area contributed by atoms with Gasteiger partial charge in [0.2, 0.25) is 5.91 Å². The van der Waals surface area contributed by atoms with Gasteiger partial charge in [0.1, 0.15) is 17.2 Å². The van der Waals surface area contributed by atoms with E-state index in [9.17, 15) is 19.5 Å². The van der Waals surface area contributed by atoms with E-state index >= 15 is 0 Å². The van der Waals surface area contributed by atoms with E-state index < -0.39 is 17.4 Å². The van der Waals surface area contributed by atoms with E-state index in [4.69, 9.17) is 0 Å². The van der Waals surface area contributed by atoms with Gasteiger partial charge in [-0.05, 0) is 32.0 Å². The van der Waals surface area contributed by atoms with E-state index in [-0.39, 0.29) is 17.5 Å². The second-order valence-corrected chi connectivity index (χ2v) is 8.10. The topological polar surface area (TPSA) is 101 Å². The number of hydrogen-bond donors (Lipinski definition) is 2. The summed E-state index contributed by atoms with van der Waals surface area (Å²) in [4.78, 5) is 42.5.